The highest BCUT2D eigenvalue weighted by atomic mass is 28.4. The van der Waals surface area contributed by atoms with Crippen molar-refractivity contribution in [2.45, 2.75) is 58.2 Å². The van der Waals surface area contributed by atoms with Crippen molar-refractivity contribution in [3.8, 4) is 5.88 Å². The first-order chi connectivity index (χ1) is 21.2. The van der Waals surface area contributed by atoms with E-state index in [-0.39, 0.29) is 23.1 Å². The van der Waals surface area contributed by atoms with Crippen molar-refractivity contribution in [3.05, 3.63) is 96.7 Å². The molecule has 1 aromatic heterocycles. The molecule has 0 aliphatic heterocycles. The number of carbonyl (C=O) groups is 3. The van der Waals surface area contributed by atoms with E-state index in [2.05, 4.69) is 50.0 Å². The summed E-state index contributed by atoms with van der Waals surface area (Å²) in [5, 5.41) is 1.72. The fourth-order valence-electron chi connectivity index (χ4n) is 5.12. The minimum atomic E-state index is -3.07. The maximum absolute atomic E-state index is 13.8. The zero-order chi connectivity index (χ0) is 33.3. The van der Waals surface area contributed by atoms with Crippen molar-refractivity contribution >= 4 is 36.5 Å². The molecule has 240 valence electrons. The van der Waals surface area contributed by atoms with Crippen molar-refractivity contribution in [1.29, 1.82) is 0 Å². The first-order valence-electron chi connectivity index (χ1n) is 14.8. The van der Waals surface area contributed by atoms with E-state index in [9.17, 15) is 14.4 Å². The monoisotopic (exact) mass is 632 g/mol. The lowest BCUT2D eigenvalue weighted by molar-refractivity contribution is -0.134. The fraction of sp³-hybridized carbons (Fsp3) is 0.371. The summed E-state index contributed by atoms with van der Waals surface area (Å²) in [6, 6.07) is 22.4. The Bertz CT molecular complexity index is 1430. The zero-order valence-electron chi connectivity index (χ0n) is 27.4. The van der Waals surface area contributed by atoms with E-state index in [1.54, 1.807) is 32.9 Å². The molecule has 0 aliphatic rings. The summed E-state index contributed by atoms with van der Waals surface area (Å²) >= 11 is 0. The van der Waals surface area contributed by atoms with Crippen molar-refractivity contribution in [3.63, 3.8) is 0 Å². The number of ketones is 1. The molecule has 0 aliphatic carbocycles. The highest BCUT2D eigenvalue weighted by molar-refractivity contribution is 6.99. The van der Waals surface area contributed by atoms with Gasteiger partial charge in [0.1, 0.15) is 5.60 Å². The predicted octanol–water partition coefficient (Wildman–Crippen LogP) is 5.18. The lowest BCUT2D eigenvalue weighted by Gasteiger charge is -2.44. The molecule has 0 saturated heterocycles. The summed E-state index contributed by atoms with van der Waals surface area (Å²) in [5.74, 6) is -0.903. The van der Waals surface area contributed by atoms with E-state index < -0.39 is 44.4 Å². The molecule has 2 aromatic carbocycles. The van der Waals surface area contributed by atoms with Crippen LogP contribution in [-0.2, 0) is 18.7 Å². The number of pyridine rings is 1. The number of hydrogen-bond donors (Lipinski definition) is 0. The first kappa shape index (κ1) is 35.2. The molecular weight excluding hydrogens is 588 g/mol. The molecule has 9 nitrogen and oxygen atoms in total. The zero-order valence-corrected chi connectivity index (χ0v) is 28.4. The van der Waals surface area contributed by atoms with Crippen LogP contribution >= 0.6 is 0 Å². The average molecular weight is 633 g/mol. The van der Waals surface area contributed by atoms with Gasteiger partial charge in [-0.25, -0.2) is 14.6 Å². The average Bonchev–Trinajstić information content (AvgIpc) is 3.01. The Kier molecular flexibility index (Phi) is 11.8. The second-order valence-electron chi connectivity index (χ2n) is 12.5. The Morgan fingerprint density at radius 2 is 1.44 bits per heavy atom. The third-order valence-corrected chi connectivity index (χ3v) is 12.2. The van der Waals surface area contributed by atoms with Gasteiger partial charge in [0.05, 0.1) is 39.0 Å². The summed E-state index contributed by atoms with van der Waals surface area (Å²) in [7, 11) is -0.377. The quantitative estimate of drug-likeness (QED) is 0.116. The van der Waals surface area contributed by atoms with E-state index in [0.29, 0.717) is 0 Å². The molecule has 3 rings (SSSR count). The number of Topliss-reactive ketones (excluding diaryl/α,β-unsaturated/α-hetero) is 1. The third kappa shape index (κ3) is 8.89. The summed E-state index contributed by atoms with van der Waals surface area (Å²) < 4.78 is 23.1. The van der Waals surface area contributed by atoms with Crippen LogP contribution in [-0.4, -0.2) is 75.1 Å². The minimum absolute atomic E-state index is 0.0442. The van der Waals surface area contributed by atoms with E-state index in [1.165, 1.54) is 37.5 Å². The van der Waals surface area contributed by atoms with Crippen molar-refractivity contribution < 1.29 is 33.0 Å². The molecule has 0 fully saturated rings. The summed E-state index contributed by atoms with van der Waals surface area (Å²) in [6.45, 7) is 11.2. The van der Waals surface area contributed by atoms with Crippen molar-refractivity contribution in [1.82, 2.24) is 9.88 Å². The summed E-state index contributed by atoms with van der Waals surface area (Å²) in [5.41, 5.74) is -0.656. The Hall–Kier alpha value is -4.28. The molecule has 0 unspecified atom stereocenters. The van der Waals surface area contributed by atoms with Gasteiger partial charge >= 0.3 is 12.1 Å². The second kappa shape index (κ2) is 15.1. The molecule has 10 heteroatoms. The molecule has 0 bridgehead atoms. The lowest BCUT2D eigenvalue weighted by atomic mass is 10.1. The number of aromatic nitrogens is 1. The normalized spacial score (nSPS) is 12.8. The number of rotatable bonds is 12. The molecule has 0 N–H and O–H groups in total. The maximum Gasteiger partial charge on any atom is 0.411 e. The summed E-state index contributed by atoms with van der Waals surface area (Å²) in [4.78, 5) is 45.2. The molecule has 0 radical (unpaired) electrons. The van der Waals surface area contributed by atoms with Gasteiger partial charge in [-0.15, -0.1) is 0 Å². The smallest absolute Gasteiger partial charge is 0.411 e. The van der Waals surface area contributed by atoms with Crippen LogP contribution in [0.25, 0.3) is 0 Å². The number of hydrogen-bond acceptors (Lipinski definition) is 8. The molecule has 1 heterocycles. The lowest BCUT2D eigenvalue weighted by Crippen LogP contribution is -2.67. The fourth-order valence-corrected chi connectivity index (χ4v) is 9.70. The van der Waals surface area contributed by atoms with E-state index in [1.807, 2.05) is 36.4 Å². The van der Waals surface area contributed by atoms with Crippen LogP contribution in [0.5, 0.6) is 5.88 Å². The van der Waals surface area contributed by atoms with Gasteiger partial charge in [0.15, 0.2) is 5.78 Å². The first-order valence-corrected chi connectivity index (χ1v) is 16.7. The van der Waals surface area contributed by atoms with Crippen LogP contribution < -0.4 is 15.1 Å². The Morgan fingerprint density at radius 3 is 1.93 bits per heavy atom. The molecule has 0 saturated carbocycles. The Balaban J connectivity index is 2.16. The van der Waals surface area contributed by atoms with Crippen molar-refractivity contribution in [2.24, 2.45) is 0 Å². The molecular formula is C35H44N2O7Si. The van der Waals surface area contributed by atoms with Gasteiger partial charge in [-0.2, -0.15) is 0 Å². The van der Waals surface area contributed by atoms with Crippen molar-refractivity contribution in [2.75, 3.05) is 27.4 Å². The minimum Gasteiger partial charge on any atom is -0.480 e. The maximum atomic E-state index is 13.8. The van der Waals surface area contributed by atoms with Crippen LogP contribution in [0.1, 0.15) is 51.9 Å². The van der Waals surface area contributed by atoms with Crippen LogP contribution in [0, 0.1) is 0 Å². The Labute approximate surface area is 267 Å². The van der Waals surface area contributed by atoms with Gasteiger partial charge in [0, 0.05) is 12.3 Å². The summed E-state index contributed by atoms with van der Waals surface area (Å²) in [6.07, 6.45) is 3.51. The largest absolute Gasteiger partial charge is 0.480 e. The highest BCUT2D eigenvalue weighted by Crippen LogP contribution is 2.37. The van der Waals surface area contributed by atoms with Gasteiger partial charge < -0.3 is 18.6 Å². The van der Waals surface area contributed by atoms with E-state index >= 15 is 0 Å². The highest BCUT2D eigenvalue weighted by Gasteiger charge is 2.50. The van der Waals surface area contributed by atoms with E-state index in [4.69, 9.17) is 18.6 Å². The number of nitrogens with zero attached hydrogens (tertiary/aromatic N) is 2. The number of amides is 1. The molecule has 1 amide bonds. The van der Waals surface area contributed by atoms with E-state index in [0.717, 1.165) is 10.4 Å². The topological polar surface area (TPSA) is 104 Å². The van der Waals surface area contributed by atoms with Gasteiger partial charge in [-0.1, -0.05) is 87.5 Å². The number of esters is 1. The second-order valence-corrected chi connectivity index (χ2v) is 16.8. The SMILES string of the molecule is COC(=O)/C=C/[C@@H](CO[Si](c1ccccc1)(c1ccccc1)C(C)(C)C)N(CC(=O)c1cccnc1OC)C(=O)OC(C)(C)C. The standard InChI is InChI=1S/C35H44N2O7Si/c1-34(2,3)44-33(40)37(24-30(38)29-20-15-23-36-32(29)42-8)26(21-22-31(39)41-7)25-43-45(35(4,5)6,27-16-11-9-12-17-27)28-18-13-10-14-19-28/h9-23,26H,24-25H2,1-8H3/b22-21+/t26-/m0/s1. The Morgan fingerprint density at radius 1 is 0.867 bits per heavy atom. The molecule has 45 heavy (non-hydrogen) atoms. The predicted molar refractivity (Wildman–Crippen MR) is 177 cm³/mol. The van der Waals surface area contributed by atoms with Gasteiger partial charge in [-0.3, -0.25) is 9.69 Å². The van der Waals surface area contributed by atoms with Crippen LogP contribution in [0.3, 0.4) is 0 Å². The van der Waals surface area contributed by atoms with Crippen LogP contribution in [0.2, 0.25) is 5.04 Å². The molecule has 3 aromatic rings. The van der Waals surface area contributed by atoms with Gasteiger partial charge in [0.25, 0.3) is 8.32 Å². The number of carbonyl (C=O) groups excluding carboxylic acids is 3. The third-order valence-electron chi connectivity index (χ3n) is 7.15. The number of benzene rings is 2. The number of ether oxygens (including phenoxy) is 3. The molecule has 0 spiro atoms. The number of methoxy groups -OCH3 is 2. The molecule has 1 atom stereocenters. The van der Waals surface area contributed by atoms with Crippen LogP contribution in [0.15, 0.2) is 91.1 Å². The van der Waals surface area contributed by atoms with Crippen LogP contribution in [0.4, 0.5) is 4.79 Å². The van der Waals surface area contributed by atoms with Gasteiger partial charge in [0.2, 0.25) is 5.88 Å². The van der Waals surface area contributed by atoms with Gasteiger partial charge in [-0.05, 0) is 48.3 Å².